The summed E-state index contributed by atoms with van der Waals surface area (Å²) in [4.78, 5) is 2.50. The lowest BCUT2D eigenvalue weighted by Gasteiger charge is -2.25. The summed E-state index contributed by atoms with van der Waals surface area (Å²) in [5.74, 6) is 0.895. The highest BCUT2D eigenvalue weighted by Gasteiger charge is 2.26. The van der Waals surface area contributed by atoms with Gasteiger partial charge in [-0.25, -0.2) is 0 Å². The third-order valence-electron chi connectivity index (χ3n) is 4.00. The molecule has 2 unspecified atom stereocenters. The van der Waals surface area contributed by atoms with Crippen LogP contribution in [0.5, 0.6) is 0 Å². The van der Waals surface area contributed by atoms with Crippen molar-refractivity contribution in [2.75, 3.05) is 39.9 Å². The molecule has 17 heavy (non-hydrogen) atoms. The van der Waals surface area contributed by atoms with Crippen molar-refractivity contribution in [3.05, 3.63) is 0 Å². The molecule has 0 aromatic rings. The van der Waals surface area contributed by atoms with E-state index in [1.54, 1.807) is 7.11 Å². The molecule has 2 atom stereocenters. The lowest BCUT2D eigenvalue weighted by atomic mass is 9.99. The summed E-state index contributed by atoms with van der Waals surface area (Å²) < 4.78 is 5.15. The van der Waals surface area contributed by atoms with E-state index in [4.69, 9.17) is 4.74 Å². The first kappa shape index (κ1) is 14.9. The number of ether oxygens (including phenoxy) is 1. The summed E-state index contributed by atoms with van der Waals surface area (Å²) >= 11 is 0. The Morgan fingerprint density at radius 2 is 2.06 bits per heavy atom. The second-order valence-electron chi connectivity index (χ2n) is 5.07. The molecule has 0 saturated heterocycles. The van der Waals surface area contributed by atoms with E-state index in [1.807, 2.05) is 0 Å². The third-order valence-corrected chi connectivity index (χ3v) is 4.00. The normalized spacial score (nSPS) is 24.7. The fourth-order valence-corrected chi connectivity index (χ4v) is 2.91. The monoisotopic (exact) mass is 242 g/mol. The summed E-state index contributed by atoms with van der Waals surface area (Å²) in [6.45, 7) is 9.87. The predicted molar refractivity (Wildman–Crippen MR) is 73.4 cm³/mol. The molecular weight excluding hydrogens is 212 g/mol. The quantitative estimate of drug-likeness (QED) is 0.670. The maximum Gasteiger partial charge on any atom is 0.0589 e. The van der Waals surface area contributed by atoms with Gasteiger partial charge in [-0.3, -0.25) is 0 Å². The second kappa shape index (κ2) is 8.90. The molecule has 1 aliphatic carbocycles. The molecule has 0 radical (unpaired) electrons. The Hall–Kier alpha value is -0.120. The van der Waals surface area contributed by atoms with Gasteiger partial charge in [0.05, 0.1) is 6.61 Å². The van der Waals surface area contributed by atoms with E-state index in [0.29, 0.717) is 0 Å². The van der Waals surface area contributed by atoms with Crippen molar-refractivity contribution in [3.63, 3.8) is 0 Å². The number of likely N-dealkylation sites (N-methyl/N-ethyl adjacent to an activating group) is 1. The van der Waals surface area contributed by atoms with Gasteiger partial charge in [-0.05, 0) is 44.8 Å². The number of nitrogens with zero attached hydrogens (tertiary/aromatic N) is 1. The molecule has 1 aliphatic rings. The fraction of sp³-hybridized carbons (Fsp3) is 1.00. The Morgan fingerprint density at radius 3 is 2.71 bits per heavy atom. The van der Waals surface area contributed by atoms with E-state index >= 15 is 0 Å². The van der Waals surface area contributed by atoms with Gasteiger partial charge in [0.25, 0.3) is 0 Å². The summed E-state index contributed by atoms with van der Waals surface area (Å²) in [6.07, 6.45) is 5.55. The van der Waals surface area contributed by atoms with Crippen molar-refractivity contribution in [2.45, 2.75) is 45.6 Å². The van der Waals surface area contributed by atoms with Crippen LogP contribution in [0.3, 0.4) is 0 Å². The van der Waals surface area contributed by atoms with Crippen LogP contribution in [-0.2, 0) is 4.74 Å². The first-order valence-corrected chi connectivity index (χ1v) is 7.26. The Kier molecular flexibility index (Phi) is 7.82. The maximum atomic E-state index is 5.15. The van der Waals surface area contributed by atoms with Crippen LogP contribution in [0.15, 0.2) is 0 Å². The number of nitrogens with one attached hydrogen (secondary N) is 1. The summed E-state index contributed by atoms with van der Waals surface area (Å²) in [5.41, 5.74) is 0. The minimum absolute atomic E-state index is 0.779. The Labute approximate surface area is 107 Å². The number of hydrogen-bond donors (Lipinski definition) is 1. The van der Waals surface area contributed by atoms with Crippen LogP contribution < -0.4 is 5.32 Å². The lowest BCUT2D eigenvalue weighted by Crippen LogP contribution is -2.35. The topological polar surface area (TPSA) is 24.5 Å². The molecule has 1 fully saturated rings. The van der Waals surface area contributed by atoms with Crippen LogP contribution in [0.4, 0.5) is 0 Å². The molecule has 3 nitrogen and oxygen atoms in total. The van der Waals surface area contributed by atoms with Gasteiger partial charge in [-0.2, -0.15) is 0 Å². The zero-order valence-corrected chi connectivity index (χ0v) is 11.9. The van der Waals surface area contributed by atoms with Crippen LogP contribution in [0.2, 0.25) is 0 Å². The van der Waals surface area contributed by atoms with Crippen molar-refractivity contribution in [1.82, 2.24) is 10.2 Å². The summed E-state index contributed by atoms with van der Waals surface area (Å²) in [5, 5.41) is 3.64. The summed E-state index contributed by atoms with van der Waals surface area (Å²) in [7, 11) is 1.78. The Balaban J connectivity index is 2.22. The average molecular weight is 242 g/mol. The van der Waals surface area contributed by atoms with Crippen LogP contribution in [0.25, 0.3) is 0 Å². The van der Waals surface area contributed by atoms with E-state index in [0.717, 1.165) is 38.2 Å². The van der Waals surface area contributed by atoms with Gasteiger partial charge in [-0.15, -0.1) is 0 Å². The van der Waals surface area contributed by atoms with E-state index in [1.165, 1.54) is 32.2 Å². The van der Waals surface area contributed by atoms with E-state index in [-0.39, 0.29) is 0 Å². The van der Waals surface area contributed by atoms with Crippen LogP contribution in [-0.4, -0.2) is 50.8 Å². The van der Waals surface area contributed by atoms with Crippen LogP contribution in [0.1, 0.15) is 39.5 Å². The average Bonchev–Trinajstić information content (AvgIpc) is 2.78. The summed E-state index contributed by atoms with van der Waals surface area (Å²) in [6, 6.07) is 0.779. The Morgan fingerprint density at radius 1 is 1.24 bits per heavy atom. The molecule has 1 rings (SSSR count). The van der Waals surface area contributed by atoms with E-state index < -0.39 is 0 Å². The van der Waals surface area contributed by atoms with Gasteiger partial charge < -0.3 is 15.0 Å². The van der Waals surface area contributed by atoms with E-state index in [2.05, 4.69) is 24.1 Å². The molecular formula is C14H30N2O. The molecule has 102 valence electrons. The van der Waals surface area contributed by atoms with Crippen molar-refractivity contribution in [2.24, 2.45) is 5.92 Å². The van der Waals surface area contributed by atoms with Crippen molar-refractivity contribution in [1.29, 1.82) is 0 Å². The molecule has 0 aromatic carbocycles. The van der Waals surface area contributed by atoms with Gasteiger partial charge in [0, 0.05) is 19.7 Å². The van der Waals surface area contributed by atoms with Gasteiger partial charge in [-0.1, -0.05) is 20.3 Å². The van der Waals surface area contributed by atoms with Gasteiger partial charge in [0.15, 0.2) is 0 Å². The Bertz CT molecular complexity index is 187. The van der Waals surface area contributed by atoms with Gasteiger partial charge >= 0.3 is 0 Å². The first-order chi connectivity index (χ1) is 8.31. The molecule has 0 spiro atoms. The highest BCUT2D eigenvalue weighted by atomic mass is 16.5. The number of hydrogen-bond acceptors (Lipinski definition) is 3. The molecule has 0 heterocycles. The molecule has 3 heteroatoms. The molecule has 1 saturated carbocycles. The molecule has 0 amide bonds. The molecule has 1 N–H and O–H groups in total. The smallest absolute Gasteiger partial charge is 0.0589 e. The number of rotatable bonds is 9. The SMILES string of the molecule is CCNC1CCCC1CCN(CC)CCOC. The van der Waals surface area contributed by atoms with Crippen LogP contribution >= 0.6 is 0 Å². The minimum Gasteiger partial charge on any atom is -0.383 e. The number of methoxy groups -OCH3 is 1. The third kappa shape index (κ3) is 5.36. The fourth-order valence-electron chi connectivity index (χ4n) is 2.91. The van der Waals surface area contributed by atoms with Gasteiger partial charge in [0.1, 0.15) is 0 Å². The van der Waals surface area contributed by atoms with Gasteiger partial charge in [0.2, 0.25) is 0 Å². The highest BCUT2D eigenvalue weighted by molar-refractivity contribution is 4.83. The van der Waals surface area contributed by atoms with E-state index in [9.17, 15) is 0 Å². The molecule has 0 aliphatic heterocycles. The maximum absolute atomic E-state index is 5.15. The molecule has 0 aromatic heterocycles. The van der Waals surface area contributed by atoms with Crippen molar-refractivity contribution in [3.8, 4) is 0 Å². The zero-order chi connectivity index (χ0) is 12.5. The highest BCUT2D eigenvalue weighted by Crippen LogP contribution is 2.28. The second-order valence-corrected chi connectivity index (χ2v) is 5.07. The van der Waals surface area contributed by atoms with Crippen LogP contribution in [0, 0.1) is 5.92 Å². The van der Waals surface area contributed by atoms with Crippen molar-refractivity contribution >= 4 is 0 Å². The minimum atomic E-state index is 0.779. The molecule has 0 bridgehead atoms. The first-order valence-electron chi connectivity index (χ1n) is 7.26. The standard InChI is InChI=1S/C14H30N2O/c1-4-15-14-8-6-7-13(14)9-10-16(5-2)11-12-17-3/h13-15H,4-12H2,1-3H3. The largest absolute Gasteiger partial charge is 0.383 e. The van der Waals surface area contributed by atoms with Crippen molar-refractivity contribution < 1.29 is 4.74 Å². The lowest BCUT2D eigenvalue weighted by molar-refractivity contribution is 0.145. The zero-order valence-electron chi connectivity index (χ0n) is 11.9. The predicted octanol–water partition coefficient (Wildman–Crippen LogP) is 2.12.